The highest BCUT2D eigenvalue weighted by atomic mass is 16.5. The highest BCUT2D eigenvalue weighted by Crippen LogP contribution is 2.32. The van der Waals surface area contributed by atoms with Crippen molar-refractivity contribution in [3.63, 3.8) is 0 Å². The van der Waals surface area contributed by atoms with E-state index in [1.807, 2.05) is 0 Å². The maximum atomic E-state index is 10.7. The second-order valence-corrected chi connectivity index (χ2v) is 3.56. The van der Waals surface area contributed by atoms with Gasteiger partial charge in [0.2, 0.25) is 0 Å². The van der Waals surface area contributed by atoms with E-state index in [0.717, 1.165) is 0 Å². The van der Waals surface area contributed by atoms with Crippen LogP contribution in [0.5, 0.6) is 11.5 Å². The van der Waals surface area contributed by atoms with Gasteiger partial charge in [-0.05, 0) is 12.1 Å². The first-order chi connectivity index (χ1) is 8.13. The molecule has 17 heavy (non-hydrogen) atoms. The van der Waals surface area contributed by atoms with Crippen molar-refractivity contribution in [3.05, 3.63) is 30.0 Å². The summed E-state index contributed by atoms with van der Waals surface area (Å²) >= 11 is 0. The van der Waals surface area contributed by atoms with Crippen LogP contribution >= 0.6 is 0 Å². The number of para-hydroxylation sites is 1. The number of pyridine rings is 1. The van der Waals surface area contributed by atoms with Crippen molar-refractivity contribution in [2.75, 3.05) is 7.11 Å². The summed E-state index contributed by atoms with van der Waals surface area (Å²) in [6.07, 6.45) is 1.25. The topological polar surface area (TPSA) is 79.7 Å². The minimum Gasteiger partial charge on any atom is -0.506 e. The third-order valence-electron chi connectivity index (χ3n) is 2.45. The number of aliphatic carboxylic acids is 1. The van der Waals surface area contributed by atoms with E-state index in [0.29, 0.717) is 22.2 Å². The summed E-state index contributed by atoms with van der Waals surface area (Å²) in [6, 6.07) is 4.91. The molecule has 2 rings (SSSR count). The molecule has 2 N–H and O–H groups in total. The zero-order valence-corrected chi connectivity index (χ0v) is 9.17. The molecule has 0 aliphatic heterocycles. The lowest BCUT2D eigenvalue weighted by atomic mass is 10.1. The molecule has 0 radical (unpaired) electrons. The highest BCUT2D eigenvalue weighted by Gasteiger charge is 2.13. The largest absolute Gasteiger partial charge is 0.506 e. The van der Waals surface area contributed by atoms with Crippen LogP contribution < -0.4 is 4.74 Å². The van der Waals surface area contributed by atoms with Crippen LogP contribution in [-0.4, -0.2) is 28.3 Å². The lowest BCUT2D eigenvalue weighted by molar-refractivity contribution is -0.136. The SMILES string of the molecule is COc1c(CC(=O)O)cnc2c(O)cccc12. The second-order valence-electron chi connectivity index (χ2n) is 3.56. The molecule has 88 valence electrons. The number of hydrogen-bond acceptors (Lipinski definition) is 4. The normalized spacial score (nSPS) is 10.4. The first-order valence-corrected chi connectivity index (χ1v) is 4.99. The highest BCUT2D eigenvalue weighted by molar-refractivity contribution is 5.91. The zero-order chi connectivity index (χ0) is 12.4. The molecule has 0 unspecified atom stereocenters. The number of nitrogens with zero attached hydrogens (tertiary/aromatic N) is 1. The Balaban J connectivity index is 2.69. The monoisotopic (exact) mass is 233 g/mol. The number of hydrogen-bond donors (Lipinski definition) is 2. The summed E-state index contributed by atoms with van der Waals surface area (Å²) in [5.74, 6) is -0.472. The number of rotatable bonds is 3. The molecular formula is C12H11NO4. The van der Waals surface area contributed by atoms with Crippen molar-refractivity contribution in [1.29, 1.82) is 0 Å². The first kappa shape index (κ1) is 11.2. The summed E-state index contributed by atoms with van der Waals surface area (Å²) in [7, 11) is 1.46. The Morgan fingerprint density at radius 3 is 2.88 bits per heavy atom. The Labute approximate surface area is 97.3 Å². The average Bonchev–Trinajstić information content (AvgIpc) is 2.28. The number of benzene rings is 1. The molecular weight excluding hydrogens is 222 g/mol. The van der Waals surface area contributed by atoms with Gasteiger partial charge in [-0.25, -0.2) is 0 Å². The van der Waals surface area contributed by atoms with Crippen molar-refractivity contribution >= 4 is 16.9 Å². The smallest absolute Gasteiger partial charge is 0.308 e. The second kappa shape index (κ2) is 4.29. The summed E-state index contributed by atoms with van der Waals surface area (Å²) in [6.45, 7) is 0. The van der Waals surface area contributed by atoms with E-state index in [4.69, 9.17) is 9.84 Å². The fraction of sp³-hybridized carbons (Fsp3) is 0.167. The van der Waals surface area contributed by atoms with Gasteiger partial charge >= 0.3 is 5.97 Å². The van der Waals surface area contributed by atoms with Crippen LogP contribution in [0.4, 0.5) is 0 Å². The Morgan fingerprint density at radius 1 is 1.47 bits per heavy atom. The zero-order valence-electron chi connectivity index (χ0n) is 9.17. The number of aromatic hydroxyl groups is 1. The van der Waals surface area contributed by atoms with Crippen LogP contribution in [0, 0.1) is 0 Å². The van der Waals surface area contributed by atoms with E-state index in [9.17, 15) is 9.90 Å². The Kier molecular flexibility index (Phi) is 2.82. The van der Waals surface area contributed by atoms with Gasteiger partial charge in [-0.2, -0.15) is 0 Å². The molecule has 0 bridgehead atoms. The fourth-order valence-electron chi connectivity index (χ4n) is 1.75. The van der Waals surface area contributed by atoms with Gasteiger partial charge in [0.15, 0.2) is 0 Å². The van der Waals surface area contributed by atoms with E-state index in [-0.39, 0.29) is 12.2 Å². The molecule has 0 fully saturated rings. The van der Waals surface area contributed by atoms with E-state index >= 15 is 0 Å². The Bertz CT molecular complexity index is 580. The summed E-state index contributed by atoms with van der Waals surface area (Å²) in [5.41, 5.74) is 0.886. The van der Waals surface area contributed by atoms with Gasteiger partial charge in [0.1, 0.15) is 17.0 Å². The summed E-state index contributed by atoms with van der Waals surface area (Å²) in [5, 5.41) is 19.0. The third-order valence-corrected chi connectivity index (χ3v) is 2.45. The number of carboxylic acid groups (broad SMARTS) is 1. The van der Waals surface area contributed by atoms with Crippen LogP contribution in [0.3, 0.4) is 0 Å². The predicted molar refractivity (Wildman–Crippen MR) is 61.3 cm³/mol. The maximum absolute atomic E-state index is 10.7. The van der Waals surface area contributed by atoms with Gasteiger partial charge in [-0.15, -0.1) is 0 Å². The Hall–Kier alpha value is -2.30. The number of aromatic nitrogens is 1. The number of carbonyl (C=O) groups is 1. The first-order valence-electron chi connectivity index (χ1n) is 4.99. The van der Waals surface area contributed by atoms with E-state index < -0.39 is 5.97 Å². The lowest BCUT2D eigenvalue weighted by Gasteiger charge is -2.10. The van der Waals surface area contributed by atoms with Crippen molar-refractivity contribution < 1.29 is 19.7 Å². The summed E-state index contributed by atoms with van der Waals surface area (Å²) in [4.78, 5) is 14.8. The molecule has 1 aromatic carbocycles. The standard InChI is InChI=1S/C12H11NO4/c1-17-12-7(5-10(15)16)6-13-11-8(12)3-2-4-9(11)14/h2-4,6,14H,5H2,1H3,(H,15,16). The number of methoxy groups -OCH3 is 1. The van der Waals surface area contributed by atoms with E-state index in [2.05, 4.69) is 4.98 Å². The molecule has 5 nitrogen and oxygen atoms in total. The number of phenolic OH excluding ortho intramolecular Hbond substituents is 1. The van der Waals surface area contributed by atoms with Crippen molar-refractivity contribution in [2.24, 2.45) is 0 Å². The van der Waals surface area contributed by atoms with Crippen LogP contribution in [-0.2, 0) is 11.2 Å². The molecule has 0 atom stereocenters. The molecule has 2 aromatic rings. The molecule has 0 amide bonds. The van der Waals surface area contributed by atoms with Gasteiger partial charge < -0.3 is 14.9 Å². The predicted octanol–water partition coefficient (Wildman–Crippen LogP) is 1.58. The van der Waals surface area contributed by atoms with Gasteiger partial charge in [0.05, 0.1) is 13.5 Å². The molecule has 1 aromatic heterocycles. The fourth-order valence-corrected chi connectivity index (χ4v) is 1.75. The molecule has 5 heteroatoms. The van der Waals surface area contributed by atoms with Crippen molar-refractivity contribution in [2.45, 2.75) is 6.42 Å². The quantitative estimate of drug-likeness (QED) is 0.841. The number of ether oxygens (including phenoxy) is 1. The molecule has 0 saturated carbocycles. The van der Waals surface area contributed by atoms with Crippen molar-refractivity contribution in [3.8, 4) is 11.5 Å². The number of carboxylic acids is 1. The van der Waals surface area contributed by atoms with Crippen LogP contribution in [0.15, 0.2) is 24.4 Å². The van der Waals surface area contributed by atoms with Crippen molar-refractivity contribution in [1.82, 2.24) is 4.98 Å². The molecule has 0 aliphatic carbocycles. The Morgan fingerprint density at radius 2 is 2.24 bits per heavy atom. The van der Waals surface area contributed by atoms with Crippen LogP contribution in [0.2, 0.25) is 0 Å². The molecule has 0 spiro atoms. The van der Waals surface area contributed by atoms with Crippen LogP contribution in [0.25, 0.3) is 10.9 Å². The maximum Gasteiger partial charge on any atom is 0.308 e. The minimum absolute atomic E-state index is 0.0441. The minimum atomic E-state index is -0.954. The molecule has 0 saturated heterocycles. The number of phenols is 1. The van der Waals surface area contributed by atoms with E-state index in [1.165, 1.54) is 19.4 Å². The van der Waals surface area contributed by atoms with Gasteiger partial charge in [-0.1, -0.05) is 6.07 Å². The van der Waals surface area contributed by atoms with Gasteiger partial charge in [-0.3, -0.25) is 9.78 Å². The van der Waals surface area contributed by atoms with E-state index in [1.54, 1.807) is 12.1 Å². The van der Waals surface area contributed by atoms with Gasteiger partial charge in [0, 0.05) is 17.1 Å². The summed E-state index contributed by atoms with van der Waals surface area (Å²) < 4.78 is 5.20. The molecule has 0 aliphatic rings. The van der Waals surface area contributed by atoms with Gasteiger partial charge in [0.25, 0.3) is 0 Å². The lowest BCUT2D eigenvalue weighted by Crippen LogP contribution is -2.03. The number of fused-ring (bicyclic) bond motifs is 1. The third kappa shape index (κ3) is 1.99. The van der Waals surface area contributed by atoms with Crippen LogP contribution in [0.1, 0.15) is 5.56 Å². The molecule has 1 heterocycles. The average molecular weight is 233 g/mol.